The second-order valence-corrected chi connectivity index (χ2v) is 6.53. The van der Waals surface area contributed by atoms with Gasteiger partial charge in [-0.05, 0) is 43.7 Å². The number of carbonyl (C=O) groups is 3. The largest absolute Gasteiger partial charge is 0.481 e. The summed E-state index contributed by atoms with van der Waals surface area (Å²) in [5.74, 6) is -1.54. The van der Waals surface area contributed by atoms with Crippen LogP contribution >= 0.6 is 0 Å². The molecular weight excluding hydrogens is 308 g/mol. The van der Waals surface area contributed by atoms with Gasteiger partial charge in [0.1, 0.15) is 0 Å². The van der Waals surface area contributed by atoms with E-state index < -0.39 is 5.97 Å². The zero-order chi connectivity index (χ0) is 17.1. The third kappa shape index (κ3) is 3.42. The highest BCUT2D eigenvalue weighted by atomic mass is 16.4. The molecule has 0 aromatic heterocycles. The van der Waals surface area contributed by atoms with Crippen molar-refractivity contribution < 1.29 is 19.5 Å². The molecule has 2 aliphatic rings. The van der Waals surface area contributed by atoms with E-state index in [9.17, 15) is 14.4 Å². The lowest BCUT2D eigenvalue weighted by Gasteiger charge is -2.25. The second-order valence-electron chi connectivity index (χ2n) is 6.53. The average Bonchev–Trinajstić information content (AvgIpc) is 3.03. The molecule has 1 fully saturated rings. The summed E-state index contributed by atoms with van der Waals surface area (Å²) in [7, 11) is 0. The maximum Gasteiger partial charge on any atom is 0.306 e. The third-order valence-electron chi connectivity index (χ3n) is 5.05. The van der Waals surface area contributed by atoms with Crippen LogP contribution < -0.4 is 10.2 Å². The zero-order valence-corrected chi connectivity index (χ0v) is 13.5. The maximum absolute atomic E-state index is 12.4. The van der Waals surface area contributed by atoms with Crippen LogP contribution in [0.5, 0.6) is 0 Å². The normalized spacial score (nSPS) is 22.8. The number of aliphatic carboxylic acids is 1. The van der Waals surface area contributed by atoms with Gasteiger partial charge in [-0.3, -0.25) is 14.4 Å². The first-order valence-corrected chi connectivity index (χ1v) is 8.45. The quantitative estimate of drug-likeness (QED) is 0.877. The number of benzene rings is 1. The predicted molar refractivity (Wildman–Crippen MR) is 88.6 cm³/mol. The smallest absolute Gasteiger partial charge is 0.306 e. The first-order valence-electron chi connectivity index (χ1n) is 8.45. The monoisotopic (exact) mass is 330 g/mol. The Balaban J connectivity index is 1.49. The number of carboxylic acids is 1. The van der Waals surface area contributed by atoms with Crippen molar-refractivity contribution in [3.05, 3.63) is 29.8 Å². The van der Waals surface area contributed by atoms with E-state index in [-0.39, 0.29) is 30.2 Å². The second kappa shape index (κ2) is 7.03. The van der Waals surface area contributed by atoms with Crippen molar-refractivity contribution in [3.8, 4) is 0 Å². The number of hydrogen-bond acceptors (Lipinski definition) is 3. The molecule has 0 saturated heterocycles. The summed E-state index contributed by atoms with van der Waals surface area (Å²) in [6, 6.07) is 7.81. The van der Waals surface area contributed by atoms with Crippen LogP contribution in [0.2, 0.25) is 0 Å². The van der Waals surface area contributed by atoms with Crippen molar-refractivity contribution in [1.82, 2.24) is 5.32 Å². The van der Waals surface area contributed by atoms with Crippen LogP contribution in [0.25, 0.3) is 0 Å². The number of carbonyl (C=O) groups excluding carboxylic acids is 2. The van der Waals surface area contributed by atoms with Crippen molar-refractivity contribution >= 4 is 23.5 Å². The topological polar surface area (TPSA) is 86.7 Å². The minimum Gasteiger partial charge on any atom is -0.481 e. The van der Waals surface area contributed by atoms with Crippen LogP contribution in [0.4, 0.5) is 5.69 Å². The van der Waals surface area contributed by atoms with Crippen LogP contribution in [0.15, 0.2) is 24.3 Å². The minimum absolute atomic E-state index is 0.00791. The summed E-state index contributed by atoms with van der Waals surface area (Å²) in [6.07, 6.45) is 3.05. The van der Waals surface area contributed by atoms with Gasteiger partial charge in [0, 0.05) is 18.2 Å². The van der Waals surface area contributed by atoms with E-state index in [0.29, 0.717) is 32.2 Å². The molecule has 1 aromatic rings. The fourth-order valence-corrected chi connectivity index (χ4v) is 3.60. The SMILES string of the molecule is O=C(O)C1CCC(C(=O)NCC(=O)N2CCc3ccccc32)CC1. The van der Waals surface area contributed by atoms with E-state index in [4.69, 9.17) is 5.11 Å². The van der Waals surface area contributed by atoms with Gasteiger partial charge in [-0.25, -0.2) is 0 Å². The van der Waals surface area contributed by atoms with Crippen LogP contribution in [-0.4, -0.2) is 36.0 Å². The first-order chi connectivity index (χ1) is 11.6. The van der Waals surface area contributed by atoms with Gasteiger partial charge in [-0.2, -0.15) is 0 Å². The molecule has 1 heterocycles. The van der Waals surface area contributed by atoms with Crippen LogP contribution in [-0.2, 0) is 20.8 Å². The lowest BCUT2D eigenvalue weighted by atomic mass is 9.81. The fourth-order valence-electron chi connectivity index (χ4n) is 3.60. The van der Waals surface area contributed by atoms with Gasteiger partial charge in [0.15, 0.2) is 0 Å². The standard InChI is InChI=1S/C18H22N2O4/c21-16(20-10-9-12-3-1-2-4-15(12)20)11-19-17(22)13-5-7-14(8-6-13)18(23)24/h1-4,13-14H,5-11H2,(H,19,22)(H,23,24). The van der Waals surface area contributed by atoms with Crippen molar-refractivity contribution in [2.24, 2.45) is 11.8 Å². The molecule has 3 rings (SSSR count). The number of nitrogens with zero attached hydrogens (tertiary/aromatic N) is 1. The highest BCUT2D eigenvalue weighted by Crippen LogP contribution is 2.29. The van der Waals surface area contributed by atoms with Crippen LogP contribution in [0.1, 0.15) is 31.2 Å². The van der Waals surface area contributed by atoms with Crippen molar-refractivity contribution in [1.29, 1.82) is 0 Å². The molecule has 6 nitrogen and oxygen atoms in total. The summed E-state index contributed by atoms with van der Waals surface area (Å²) < 4.78 is 0. The Morgan fingerprint density at radius 2 is 1.75 bits per heavy atom. The number of fused-ring (bicyclic) bond motifs is 1. The summed E-state index contributed by atoms with van der Waals surface area (Å²) in [5.41, 5.74) is 2.09. The third-order valence-corrected chi connectivity index (χ3v) is 5.05. The predicted octanol–water partition coefficient (Wildman–Crippen LogP) is 1.58. The first kappa shape index (κ1) is 16.5. The van der Waals surface area contributed by atoms with Gasteiger partial charge in [-0.1, -0.05) is 18.2 Å². The molecule has 6 heteroatoms. The van der Waals surface area contributed by atoms with E-state index in [2.05, 4.69) is 5.32 Å². The molecule has 128 valence electrons. The minimum atomic E-state index is -0.781. The molecule has 1 aromatic carbocycles. The van der Waals surface area contributed by atoms with Crippen molar-refractivity contribution in [2.45, 2.75) is 32.1 Å². The van der Waals surface area contributed by atoms with Gasteiger partial charge in [0.05, 0.1) is 12.5 Å². The fraction of sp³-hybridized carbons (Fsp3) is 0.500. The number of anilines is 1. The summed E-state index contributed by atoms with van der Waals surface area (Å²) in [5, 5.41) is 11.7. The Kier molecular flexibility index (Phi) is 4.83. The number of carboxylic acid groups (broad SMARTS) is 1. The van der Waals surface area contributed by atoms with E-state index >= 15 is 0 Å². The van der Waals surface area contributed by atoms with Gasteiger partial charge in [-0.15, -0.1) is 0 Å². The maximum atomic E-state index is 12.4. The summed E-state index contributed by atoms with van der Waals surface area (Å²) in [6.45, 7) is 0.643. The molecule has 0 atom stereocenters. The molecule has 0 bridgehead atoms. The molecule has 0 unspecified atom stereocenters. The average molecular weight is 330 g/mol. The number of para-hydroxylation sites is 1. The van der Waals surface area contributed by atoms with Gasteiger partial charge in [0.2, 0.25) is 11.8 Å². The molecular formula is C18H22N2O4. The van der Waals surface area contributed by atoms with Gasteiger partial charge >= 0.3 is 5.97 Å². The van der Waals surface area contributed by atoms with Crippen molar-refractivity contribution in [2.75, 3.05) is 18.0 Å². The number of nitrogens with one attached hydrogen (secondary N) is 1. The number of rotatable bonds is 4. The molecule has 24 heavy (non-hydrogen) atoms. The Labute approximate surface area is 140 Å². The lowest BCUT2D eigenvalue weighted by molar-refractivity contribution is -0.144. The van der Waals surface area contributed by atoms with E-state index in [1.807, 2.05) is 24.3 Å². The Morgan fingerprint density at radius 3 is 2.46 bits per heavy atom. The van der Waals surface area contributed by atoms with E-state index in [0.717, 1.165) is 17.7 Å². The number of amides is 2. The highest BCUT2D eigenvalue weighted by Gasteiger charge is 2.30. The molecule has 0 radical (unpaired) electrons. The van der Waals surface area contributed by atoms with Crippen molar-refractivity contribution in [3.63, 3.8) is 0 Å². The molecule has 1 aliphatic carbocycles. The molecule has 1 aliphatic heterocycles. The molecule has 0 spiro atoms. The lowest BCUT2D eigenvalue weighted by Crippen LogP contribution is -2.42. The Hall–Kier alpha value is -2.37. The summed E-state index contributed by atoms with van der Waals surface area (Å²) in [4.78, 5) is 37.2. The van der Waals surface area contributed by atoms with Gasteiger partial charge < -0.3 is 15.3 Å². The Bertz CT molecular complexity index is 650. The van der Waals surface area contributed by atoms with Crippen LogP contribution in [0.3, 0.4) is 0 Å². The van der Waals surface area contributed by atoms with Gasteiger partial charge in [0.25, 0.3) is 0 Å². The highest BCUT2D eigenvalue weighted by molar-refractivity contribution is 5.98. The molecule has 2 N–H and O–H groups in total. The van der Waals surface area contributed by atoms with E-state index in [1.165, 1.54) is 0 Å². The zero-order valence-electron chi connectivity index (χ0n) is 13.5. The number of hydrogen-bond donors (Lipinski definition) is 2. The van der Waals surface area contributed by atoms with E-state index in [1.54, 1.807) is 4.90 Å². The molecule has 1 saturated carbocycles. The van der Waals surface area contributed by atoms with Crippen LogP contribution in [0, 0.1) is 11.8 Å². The summed E-state index contributed by atoms with van der Waals surface area (Å²) >= 11 is 0. The Morgan fingerprint density at radius 1 is 1.08 bits per heavy atom. The molecule has 2 amide bonds.